The molecular formula is C15H21ClN2S. The molecule has 0 aromatic heterocycles. The van der Waals surface area contributed by atoms with Crippen LogP contribution in [0.5, 0.6) is 0 Å². The van der Waals surface area contributed by atoms with Gasteiger partial charge < -0.3 is 11.1 Å². The molecule has 0 heterocycles. The van der Waals surface area contributed by atoms with E-state index in [1.807, 2.05) is 18.2 Å². The van der Waals surface area contributed by atoms with Crippen LogP contribution in [0.3, 0.4) is 0 Å². The molecule has 0 aliphatic heterocycles. The van der Waals surface area contributed by atoms with Crippen molar-refractivity contribution in [3.05, 3.63) is 28.8 Å². The van der Waals surface area contributed by atoms with Gasteiger partial charge in [-0.05, 0) is 42.9 Å². The van der Waals surface area contributed by atoms with Gasteiger partial charge in [0.1, 0.15) is 4.99 Å². The highest BCUT2D eigenvalue weighted by atomic mass is 35.5. The summed E-state index contributed by atoms with van der Waals surface area (Å²) < 4.78 is 0. The maximum absolute atomic E-state index is 6.16. The van der Waals surface area contributed by atoms with Crippen LogP contribution in [-0.4, -0.2) is 11.5 Å². The van der Waals surface area contributed by atoms with Gasteiger partial charge in [-0.1, -0.05) is 43.6 Å². The highest BCUT2D eigenvalue weighted by molar-refractivity contribution is 7.80. The predicted octanol–water partition coefficient (Wildman–Crippen LogP) is 4.21. The lowest BCUT2D eigenvalue weighted by Crippen LogP contribution is -2.20. The van der Waals surface area contributed by atoms with Crippen LogP contribution in [0.1, 0.15) is 38.2 Å². The normalized spacial score (nSPS) is 23.1. The van der Waals surface area contributed by atoms with E-state index in [9.17, 15) is 0 Å². The lowest BCUT2D eigenvalue weighted by molar-refractivity contribution is 0.300. The summed E-state index contributed by atoms with van der Waals surface area (Å²) in [6.45, 7) is 3.37. The first-order valence-electron chi connectivity index (χ1n) is 6.89. The quantitative estimate of drug-likeness (QED) is 0.817. The van der Waals surface area contributed by atoms with Gasteiger partial charge >= 0.3 is 0 Å². The second-order valence-electron chi connectivity index (χ2n) is 5.57. The lowest BCUT2D eigenvalue weighted by atomic mass is 9.83. The summed E-state index contributed by atoms with van der Waals surface area (Å²) in [5, 5.41) is 4.09. The van der Waals surface area contributed by atoms with Gasteiger partial charge in [0.25, 0.3) is 0 Å². The molecule has 0 amide bonds. The number of halogens is 1. The van der Waals surface area contributed by atoms with Crippen LogP contribution in [0, 0.1) is 11.8 Å². The smallest absolute Gasteiger partial charge is 0.105 e. The van der Waals surface area contributed by atoms with Crippen LogP contribution in [0.4, 0.5) is 5.69 Å². The average Bonchev–Trinajstić information content (AvgIpc) is 2.37. The van der Waals surface area contributed by atoms with Gasteiger partial charge in [-0.15, -0.1) is 0 Å². The molecule has 0 saturated heterocycles. The zero-order chi connectivity index (χ0) is 13.8. The molecule has 1 aromatic carbocycles. The minimum atomic E-state index is 0.345. The molecule has 1 saturated carbocycles. The van der Waals surface area contributed by atoms with E-state index in [0.717, 1.165) is 29.6 Å². The number of anilines is 1. The highest BCUT2D eigenvalue weighted by Crippen LogP contribution is 2.29. The predicted molar refractivity (Wildman–Crippen MR) is 87.0 cm³/mol. The SMILES string of the molecule is CC1CCC(CNc2ccc(C(N)=S)c(Cl)c2)CC1. The summed E-state index contributed by atoms with van der Waals surface area (Å²) in [7, 11) is 0. The van der Waals surface area contributed by atoms with Crippen LogP contribution in [0.25, 0.3) is 0 Å². The van der Waals surface area contributed by atoms with Crippen LogP contribution in [0.2, 0.25) is 5.02 Å². The maximum Gasteiger partial charge on any atom is 0.105 e. The van der Waals surface area contributed by atoms with Crippen molar-refractivity contribution in [3.63, 3.8) is 0 Å². The highest BCUT2D eigenvalue weighted by Gasteiger charge is 2.17. The van der Waals surface area contributed by atoms with Crippen molar-refractivity contribution >= 4 is 34.5 Å². The van der Waals surface area contributed by atoms with E-state index in [-0.39, 0.29) is 0 Å². The van der Waals surface area contributed by atoms with Crippen molar-refractivity contribution in [2.24, 2.45) is 17.6 Å². The van der Waals surface area contributed by atoms with E-state index in [1.165, 1.54) is 25.7 Å². The first kappa shape index (κ1) is 14.6. The van der Waals surface area contributed by atoms with Crippen molar-refractivity contribution in [1.82, 2.24) is 0 Å². The molecule has 4 heteroatoms. The Labute approximate surface area is 125 Å². The Morgan fingerprint density at radius 3 is 2.63 bits per heavy atom. The molecule has 0 spiro atoms. The Morgan fingerprint density at radius 1 is 1.37 bits per heavy atom. The van der Waals surface area contributed by atoms with Crippen LogP contribution >= 0.6 is 23.8 Å². The fourth-order valence-electron chi connectivity index (χ4n) is 2.62. The molecule has 2 rings (SSSR count). The lowest BCUT2D eigenvalue weighted by Gasteiger charge is -2.26. The van der Waals surface area contributed by atoms with Crippen LogP contribution in [-0.2, 0) is 0 Å². The standard InChI is InChI=1S/C15H21ClN2S/c1-10-2-4-11(5-3-10)9-18-12-6-7-13(15(17)19)14(16)8-12/h6-8,10-11,18H,2-5,9H2,1H3,(H2,17,19). The monoisotopic (exact) mass is 296 g/mol. The van der Waals surface area contributed by atoms with Crippen molar-refractivity contribution in [2.45, 2.75) is 32.6 Å². The number of nitrogens with one attached hydrogen (secondary N) is 1. The van der Waals surface area contributed by atoms with Crippen molar-refractivity contribution in [2.75, 3.05) is 11.9 Å². The third-order valence-corrected chi connectivity index (χ3v) is 4.50. The summed E-state index contributed by atoms with van der Waals surface area (Å²) in [6.07, 6.45) is 5.36. The van der Waals surface area contributed by atoms with Gasteiger partial charge in [-0.25, -0.2) is 0 Å². The summed E-state index contributed by atoms with van der Waals surface area (Å²) in [4.78, 5) is 0.345. The van der Waals surface area contributed by atoms with Crippen molar-refractivity contribution < 1.29 is 0 Å². The molecule has 0 unspecified atom stereocenters. The molecular weight excluding hydrogens is 276 g/mol. The van der Waals surface area contributed by atoms with E-state index in [4.69, 9.17) is 29.6 Å². The molecule has 3 N–H and O–H groups in total. The zero-order valence-electron chi connectivity index (χ0n) is 11.3. The van der Waals surface area contributed by atoms with Crippen molar-refractivity contribution in [3.8, 4) is 0 Å². The molecule has 19 heavy (non-hydrogen) atoms. The Balaban J connectivity index is 1.89. The molecule has 2 nitrogen and oxygen atoms in total. The van der Waals surface area contributed by atoms with Gasteiger partial charge in [0.05, 0.1) is 5.02 Å². The summed E-state index contributed by atoms with van der Waals surface area (Å²) in [5.74, 6) is 1.68. The third-order valence-electron chi connectivity index (χ3n) is 3.96. The second kappa shape index (κ2) is 6.58. The number of hydrogen-bond donors (Lipinski definition) is 2. The van der Waals surface area contributed by atoms with Gasteiger partial charge in [0, 0.05) is 17.8 Å². The van der Waals surface area contributed by atoms with Crippen LogP contribution < -0.4 is 11.1 Å². The summed E-state index contributed by atoms with van der Waals surface area (Å²) in [6, 6.07) is 5.78. The Morgan fingerprint density at radius 2 is 2.05 bits per heavy atom. The van der Waals surface area contributed by atoms with E-state index in [1.54, 1.807) is 0 Å². The zero-order valence-corrected chi connectivity index (χ0v) is 12.9. The van der Waals surface area contributed by atoms with Crippen molar-refractivity contribution in [1.29, 1.82) is 0 Å². The summed E-state index contributed by atoms with van der Waals surface area (Å²) >= 11 is 11.1. The Bertz CT molecular complexity index is 453. The number of thiocarbonyl (C=S) groups is 1. The fourth-order valence-corrected chi connectivity index (χ4v) is 3.14. The number of rotatable bonds is 4. The van der Waals surface area contributed by atoms with Gasteiger partial charge in [-0.2, -0.15) is 0 Å². The molecule has 104 valence electrons. The number of benzene rings is 1. The first-order valence-corrected chi connectivity index (χ1v) is 7.68. The van der Waals surface area contributed by atoms with E-state index in [2.05, 4.69) is 12.2 Å². The average molecular weight is 297 g/mol. The Hall–Kier alpha value is -0.800. The number of hydrogen-bond acceptors (Lipinski definition) is 2. The van der Waals surface area contributed by atoms with Gasteiger partial charge in [0.2, 0.25) is 0 Å². The molecule has 0 radical (unpaired) electrons. The third kappa shape index (κ3) is 4.08. The van der Waals surface area contributed by atoms with Gasteiger partial charge in [0.15, 0.2) is 0 Å². The van der Waals surface area contributed by atoms with E-state index < -0.39 is 0 Å². The maximum atomic E-state index is 6.16. The molecule has 1 aliphatic rings. The number of nitrogens with two attached hydrogens (primary N) is 1. The van der Waals surface area contributed by atoms with Gasteiger partial charge in [-0.3, -0.25) is 0 Å². The first-order chi connectivity index (χ1) is 9.06. The minimum Gasteiger partial charge on any atom is -0.389 e. The molecule has 1 aliphatic carbocycles. The Kier molecular flexibility index (Phi) is 5.06. The largest absolute Gasteiger partial charge is 0.389 e. The molecule has 1 aromatic rings. The second-order valence-corrected chi connectivity index (χ2v) is 6.41. The van der Waals surface area contributed by atoms with E-state index >= 15 is 0 Å². The topological polar surface area (TPSA) is 38.0 Å². The fraction of sp³-hybridized carbons (Fsp3) is 0.533. The molecule has 0 atom stereocenters. The summed E-state index contributed by atoms with van der Waals surface area (Å²) in [5.41, 5.74) is 7.38. The molecule has 0 bridgehead atoms. The van der Waals surface area contributed by atoms with Crippen LogP contribution in [0.15, 0.2) is 18.2 Å². The minimum absolute atomic E-state index is 0.345. The molecule has 1 fully saturated rings. The van der Waals surface area contributed by atoms with E-state index in [0.29, 0.717) is 10.0 Å².